The zero-order chi connectivity index (χ0) is 18.8. The van der Waals surface area contributed by atoms with Crippen LogP contribution in [0.1, 0.15) is 30.9 Å². The normalized spacial score (nSPS) is 19.5. The largest absolute Gasteiger partial charge is 0.497 e. The highest BCUT2D eigenvalue weighted by atomic mass is 79.9. The number of hydrogen-bond donors (Lipinski definition) is 2. The zero-order valence-corrected chi connectivity index (χ0v) is 16.8. The van der Waals surface area contributed by atoms with Crippen LogP contribution < -0.4 is 10.1 Å². The fourth-order valence-electron chi connectivity index (χ4n) is 3.85. The second-order valence-corrected chi connectivity index (χ2v) is 7.88. The second-order valence-electron chi connectivity index (χ2n) is 7.02. The van der Waals surface area contributed by atoms with Gasteiger partial charge in [0, 0.05) is 29.9 Å². The molecule has 1 aliphatic rings. The van der Waals surface area contributed by atoms with E-state index in [1.54, 1.807) is 13.4 Å². The number of aliphatic hydroxyl groups is 1. The van der Waals surface area contributed by atoms with Gasteiger partial charge in [-0.3, -0.25) is 0 Å². The number of anilines is 1. The molecule has 27 heavy (non-hydrogen) atoms. The summed E-state index contributed by atoms with van der Waals surface area (Å²) in [5, 5.41) is 13.9. The van der Waals surface area contributed by atoms with E-state index in [4.69, 9.17) is 4.74 Å². The Labute approximate surface area is 166 Å². The maximum atomic E-state index is 9.44. The summed E-state index contributed by atoms with van der Waals surface area (Å²) in [6.45, 7) is 0.935. The van der Waals surface area contributed by atoms with Gasteiger partial charge in [0.1, 0.15) is 23.5 Å². The fraction of sp³-hybridized carbons (Fsp3) is 0.400. The molecule has 0 spiro atoms. The molecule has 0 radical (unpaired) electrons. The van der Waals surface area contributed by atoms with Crippen LogP contribution in [0.2, 0.25) is 0 Å². The highest BCUT2D eigenvalue weighted by Gasteiger charge is 2.27. The molecule has 1 aromatic carbocycles. The van der Waals surface area contributed by atoms with Gasteiger partial charge < -0.3 is 19.7 Å². The number of aromatic nitrogens is 3. The molecule has 2 heterocycles. The van der Waals surface area contributed by atoms with E-state index in [1.165, 1.54) is 0 Å². The van der Waals surface area contributed by atoms with Gasteiger partial charge in [-0.15, -0.1) is 0 Å². The van der Waals surface area contributed by atoms with Crippen molar-refractivity contribution in [3.05, 3.63) is 46.8 Å². The van der Waals surface area contributed by atoms with Crippen LogP contribution in [0.25, 0.3) is 11.0 Å². The van der Waals surface area contributed by atoms with Crippen LogP contribution in [0.5, 0.6) is 5.75 Å². The Morgan fingerprint density at radius 2 is 2.07 bits per heavy atom. The first-order valence-corrected chi connectivity index (χ1v) is 9.97. The van der Waals surface area contributed by atoms with Crippen molar-refractivity contribution < 1.29 is 9.84 Å². The van der Waals surface area contributed by atoms with Gasteiger partial charge >= 0.3 is 0 Å². The predicted octanol–water partition coefficient (Wildman–Crippen LogP) is 4.15. The number of nitrogens with one attached hydrogen (secondary N) is 1. The molecule has 3 aromatic rings. The third-order valence-electron chi connectivity index (χ3n) is 5.35. The van der Waals surface area contributed by atoms with Crippen LogP contribution in [0.4, 0.5) is 5.82 Å². The van der Waals surface area contributed by atoms with E-state index in [-0.39, 0.29) is 6.61 Å². The lowest BCUT2D eigenvalue weighted by atomic mass is 10.1. The number of benzene rings is 1. The molecule has 1 fully saturated rings. The number of halogens is 1. The van der Waals surface area contributed by atoms with Crippen LogP contribution in [-0.4, -0.2) is 33.4 Å². The first kappa shape index (κ1) is 18.3. The summed E-state index contributed by atoms with van der Waals surface area (Å²) in [6, 6.07) is 8.36. The Morgan fingerprint density at radius 3 is 2.78 bits per heavy atom. The van der Waals surface area contributed by atoms with Crippen LogP contribution in [0, 0.1) is 5.92 Å². The average molecular weight is 431 g/mol. The van der Waals surface area contributed by atoms with E-state index < -0.39 is 0 Å². The van der Waals surface area contributed by atoms with Crippen LogP contribution >= 0.6 is 15.9 Å². The molecule has 2 unspecified atom stereocenters. The Morgan fingerprint density at radius 1 is 1.26 bits per heavy atom. The Kier molecular flexibility index (Phi) is 5.31. The summed E-state index contributed by atoms with van der Waals surface area (Å²) in [5.41, 5.74) is 2.08. The van der Waals surface area contributed by atoms with Gasteiger partial charge in [0.2, 0.25) is 0 Å². The summed E-state index contributed by atoms with van der Waals surface area (Å²) in [4.78, 5) is 9.00. The molecule has 0 saturated heterocycles. The molecule has 2 N–H and O–H groups in total. The van der Waals surface area contributed by atoms with Gasteiger partial charge in [-0.1, -0.05) is 12.1 Å². The summed E-state index contributed by atoms with van der Waals surface area (Å²) >= 11 is 3.69. The first-order chi connectivity index (χ1) is 13.2. The topological polar surface area (TPSA) is 72.2 Å². The number of aliphatic hydroxyl groups excluding tert-OH is 1. The molecule has 0 aliphatic heterocycles. The van der Waals surface area contributed by atoms with Crippen molar-refractivity contribution in [2.45, 2.75) is 31.8 Å². The monoisotopic (exact) mass is 430 g/mol. The number of methoxy groups -OCH3 is 1. The standard InChI is InChI=1S/C20H23BrN4O2/c1-27-16-6-3-13(4-7-16)9-22-19-18-17(21)10-25(20(18)24-12-23-19)15-5-2-14(8-15)11-26/h3-4,6-7,10,12,14-15,26H,2,5,8-9,11H2,1H3,(H,22,23,24). The van der Waals surface area contributed by atoms with Crippen LogP contribution in [0.15, 0.2) is 41.3 Å². The molecule has 2 atom stereocenters. The second kappa shape index (κ2) is 7.86. The summed E-state index contributed by atoms with van der Waals surface area (Å²) in [6.07, 6.45) is 6.83. The van der Waals surface area contributed by atoms with Crippen molar-refractivity contribution in [2.75, 3.05) is 19.0 Å². The maximum Gasteiger partial charge on any atom is 0.146 e. The number of nitrogens with zero attached hydrogens (tertiary/aromatic N) is 3. The van der Waals surface area contributed by atoms with Gasteiger partial charge in [-0.2, -0.15) is 0 Å². The van der Waals surface area contributed by atoms with Gasteiger partial charge in [0.15, 0.2) is 0 Å². The number of ether oxygens (including phenoxy) is 1. The van der Waals surface area contributed by atoms with E-state index in [2.05, 4.69) is 42.0 Å². The lowest BCUT2D eigenvalue weighted by molar-refractivity contribution is 0.226. The quantitative estimate of drug-likeness (QED) is 0.614. The zero-order valence-electron chi connectivity index (χ0n) is 15.2. The molecule has 0 amide bonds. The van der Waals surface area contributed by atoms with E-state index in [0.29, 0.717) is 18.5 Å². The van der Waals surface area contributed by atoms with Crippen molar-refractivity contribution in [1.29, 1.82) is 0 Å². The third kappa shape index (κ3) is 3.66. The number of fused-ring (bicyclic) bond motifs is 1. The molecule has 1 aliphatic carbocycles. The Hall–Kier alpha value is -2.12. The summed E-state index contributed by atoms with van der Waals surface area (Å²) in [5.74, 6) is 2.06. The molecule has 2 aromatic heterocycles. The summed E-state index contributed by atoms with van der Waals surface area (Å²) < 4.78 is 8.43. The van der Waals surface area contributed by atoms with E-state index in [9.17, 15) is 5.11 Å². The smallest absolute Gasteiger partial charge is 0.146 e. The van der Waals surface area contributed by atoms with Gasteiger partial charge in [0.05, 0.1) is 12.5 Å². The molecule has 1 saturated carbocycles. The first-order valence-electron chi connectivity index (χ1n) is 9.18. The number of rotatable bonds is 6. The fourth-order valence-corrected chi connectivity index (χ4v) is 4.43. The van der Waals surface area contributed by atoms with E-state index >= 15 is 0 Å². The van der Waals surface area contributed by atoms with E-state index in [1.807, 2.05) is 24.3 Å². The maximum absolute atomic E-state index is 9.44. The van der Waals surface area contributed by atoms with Crippen LogP contribution in [0.3, 0.4) is 0 Å². The minimum Gasteiger partial charge on any atom is -0.497 e. The highest BCUT2D eigenvalue weighted by Crippen LogP contribution is 2.39. The average Bonchev–Trinajstić information content (AvgIpc) is 3.31. The lowest BCUT2D eigenvalue weighted by Crippen LogP contribution is -2.07. The molecule has 142 valence electrons. The third-order valence-corrected chi connectivity index (χ3v) is 5.95. The van der Waals surface area contributed by atoms with Gasteiger partial charge in [0.25, 0.3) is 0 Å². The SMILES string of the molecule is COc1ccc(CNc2ncnc3c2c(Br)cn3C2CCC(CO)C2)cc1. The molecule has 0 bridgehead atoms. The van der Waals surface area contributed by atoms with E-state index in [0.717, 1.165) is 51.9 Å². The highest BCUT2D eigenvalue weighted by molar-refractivity contribution is 9.10. The van der Waals surface area contributed by atoms with Crippen LogP contribution in [-0.2, 0) is 6.54 Å². The van der Waals surface area contributed by atoms with Crippen molar-refractivity contribution in [1.82, 2.24) is 14.5 Å². The van der Waals surface area contributed by atoms with Crippen molar-refractivity contribution in [3.8, 4) is 5.75 Å². The Balaban J connectivity index is 1.58. The number of hydrogen-bond acceptors (Lipinski definition) is 5. The minimum absolute atomic E-state index is 0.264. The molecule has 7 heteroatoms. The predicted molar refractivity (Wildman–Crippen MR) is 109 cm³/mol. The van der Waals surface area contributed by atoms with Gasteiger partial charge in [-0.25, -0.2) is 9.97 Å². The molecule has 6 nitrogen and oxygen atoms in total. The minimum atomic E-state index is 0.264. The van der Waals surface area contributed by atoms with Gasteiger partial charge in [-0.05, 0) is 58.8 Å². The van der Waals surface area contributed by atoms with Crippen molar-refractivity contribution >= 4 is 32.8 Å². The molecular formula is C20H23BrN4O2. The molecule has 4 rings (SSSR count). The van der Waals surface area contributed by atoms with Crippen molar-refractivity contribution in [2.24, 2.45) is 5.92 Å². The van der Waals surface area contributed by atoms with Crippen molar-refractivity contribution in [3.63, 3.8) is 0 Å². The molecular weight excluding hydrogens is 408 g/mol. The lowest BCUT2D eigenvalue weighted by Gasteiger charge is -2.14. The summed E-state index contributed by atoms with van der Waals surface area (Å²) in [7, 11) is 1.67. The Bertz CT molecular complexity index is 926.